The van der Waals surface area contributed by atoms with E-state index < -0.39 is 0 Å². The second kappa shape index (κ2) is 9.48. The summed E-state index contributed by atoms with van der Waals surface area (Å²) < 4.78 is 5.79. The molecule has 0 aromatic rings. The summed E-state index contributed by atoms with van der Waals surface area (Å²) in [5.41, 5.74) is 0. The van der Waals surface area contributed by atoms with Gasteiger partial charge in [0.1, 0.15) is 0 Å². The van der Waals surface area contributed by atoms with E-state index in [1.165, 1.54) is 32.4 Å². The maximum Gasteiger partial charge on any atom is 0.190 e. The quantitative estimate of drug-likeness (QED) is 0.504. The lowest BCUT2D eigenvalue weighted by atomic mass is 10.0. The topological polar surface area (TPSA) is 48.9 Å². The van der Waals surface area contributed by atoms with Crippen molar-refractivity contribution in [3.63, 3.8) is 0 Å². The molecule has 2 aliphatic rings. The number of likely N-dealkylation sites (tertiary alicyclic amines) is 1. The fourth-order valence-electron chi connectivity index (χ4n) is 3.42. The Balaban J connectivity index is 1.61. The van der Waals surface area contributed by atoms with Crippen LogP contribution in [-0.4, -0.2) is 62.8 Å². The molecule has 0 radical (unpaired) electrons. The first-order valence-electron chi connectivity index (χ1n) is 9.44. The normalized spacial score (nSPS) is 24.2. The van der Waals surface area contributed by atoms with E-state index in [9.17, 15) is 0 Å². The van der Waals surface area contributed by atoms with Crippen LogP contribution in [0.4, 0.5) is 0 Å². The number of nitrogens with zero attached hydrogens (tertiary/aromatic N) is 2. The summed E-state index contributed by atoms with van der Waals surface area (Å²) in [6.45, 7) is 11.8. The average molecular weight is 325 g/mol. The van der Waals surface area contributed by atoms with Crippen molar-refractivity contribution in [1.82, 2.24) is 15.5 Å². The standard InChI is InChI=1S/C18H36N4O/c1-5-23-17(14(2)3)8-10-20-18(19-4)21-12-15-9-11-22(13-15)16-6-7-16/h14-17H,5-13H2,1-4H3,(H2,19,20,21). The van der Waals surface area contributed by atoms with Gasteiger partial charge in [0.15, 0.2) is 5.96 Å². The van der Waals surface area contributed by atoms with Gasteiger partial charge in [-0.05, 0) is 51.0 Å². The first-order chi connectivity index (χ1) is 11.1. The van der Waals surface area contributed by atoms with Crippen LogP contribution in [0.15, 0.2) is 4.99 Å². The second-order valence-corrected chi connectivity index (χ2v) is 7.29. The number of hydrogen-bond acceptors (Lipinski definition) is 3. The predicted octanol–water partition coefficient (Wildman–Crippen LogP) is 2.09. The maximum absolute atomic E-state index is 5.79. The summed E-state index contributed by atoms with van der Waals surface area (Å²) in [5, 5.41) is 6.93. The Hall–Kier alpha value is -0.810. The molecule has 1 aliphatic heterocycles. The highest BCUT2D eigenvalue weighted by molar-refractivity contribution is 5.79. The number of guanidine groups is 1. The van der Waals surface area contributed by atoms with Gasteiger partial charge in [-0.15, -0.1) is 0 Å². The zero-order valence-electron chi connectivity index (χ0n) is 15.5. The van der Waals surface area contributed by atoms with Gasteiger partial charge in [-0.25, -0.2) is 0 Å². The molecule has 1 aliphatic carbocycles. The van der Waals surface area contributed by atoms with E-state index >= 15 is 0 Å². The number of nitrogens with one attached hydrogen (secondary N) is 2. The minimum absolute atomic E-state index is 0.326. The van der Waals surface area contributed by atoms with Crippen LogP contribution in [-0.2, 0) is 4.74 Å². The van der Waals surface area contributed by atoms with Crippen LogP contribution in [0.1, 0.15) is 46.5 Å². The van der Waals surface area contributed by atoms with Gasteiger partial charge in [0, 0.05) is 39.3 Å². The Morgan fingerprint density at radius 3 is 2.65 bits per heavy atom. The third-order valence-corrected chi connectivity index (χ3v) is 5.01. The average Bonchev–Trinajstić information content (AvgIpc) is 3.28. The molecule has 1 saturated carbocycles. The van der Waals surface area contributed by atoms with Crippen molar-refractivity contribution in [2.24, 2.45) is 16.8 Å². The fraction of sp³-hybridized carbons (Fsp3) is 0.944. The molecule has 2 atom stereocenters. The highest BCUT2D eigenvalue weighted by Crippen LogP contribution is 2.31. The molecule has 2 rings (SSSR count). The van der Waals surface area contributed by atoms with Crippen LogP contribution in [0.3, 0.4) is 0 Å². The molecular formula is C18H36N4O. The number of hydrogen-bond donors (Lipinski definition) is 2. The molecule has 5 heteroatoms. The van der Waals surface area contributed by atoms with Crippen molar-refractivity contribution in [3.8, 4) is 0 Å². The first-order valence-corrected chi connectivity index (χ1v) is 9.44. The molecule has 0 aromatic carbocycles. The minimum Gasteiger partial charge on any atom is -0.378 e. The number of rotatable bonds is 9. The largest absolute Gasteiger partial charge is 0.378 e. The zero-order chi connectivity index (χ0) is 16.7. The summed E-state index contributed by atoms with van der Waals surface area (Å²) in [6, 6.07) is 0.906. The van der Waals surface area contributed by atoms with Crippen molar-refractivity contribution in [1.29, 1.82) is 0 Å². The summed E-state index contributed by atoms with van der Waals surface area (Å²) in [7, 11) is 1.85. The van der Waals surface area contributed by atoms with Crippen LogP contribution in [0.5, 0.6) is 0 Å². The molecule has 2 N–H and O–H groups in total. The second-order valence-electron chi connectivity index (χ2n) is 7.29. The van der Waals surface area contributed by atoms with Gasteiger partial charge in [-0.2, -0.15) is 0 Å². The highest BCUT2D eigenvalue weighted by Gasteiger charge is 2.34. The van der Waals surface area contributed by atoms with Gasteiger partial charge in [-0.3, -0.25) is 4.99 Å². The molecule has 0 spiro atoms. The molecule has 5 nitrogen and oxygen atoms in total. The van der Waals surface area contributed by atoms with E-state index in [1.807, 2.05) is 7.05 Å². The highest BCUT2D eigenvalue weighted by atomic mass is 16.5. The van der Waals surface area contributed by atoms with Crippen molar-refractivity contribution in [2.75, 3.05) is 39.8 Å². The van der Waals surface area contributed by atoms with Crippen LogP contribution >= 0.6 is 0 Å². The summed E-state index contributed by atoms with van der Waals surface area (Å²) in [5.74, 6) is 2.24. The van der Waals surface area contributed by atoms with Gasteiger partial charge < -0.3 is 20.3 Å². The molecule has 1 heterocycles. The van der Waals surface area contributed by atoms with Gasteiger partial charge in [0.05, 0.1) is 6.10 Å². The Labute approximate surface area is 142 Å². The van der Waals surface area contributed by atoms with Crippen molar-refractivity contribution >= 4 is 5.96 Å². The van der Waals surface area contributed by atoms with Crippen molar-refractivity contribution < 1.29 is 4.74 Å². The predicted molar refractivity (Wildman–Crippen MR) is 96.9 cm³/mol. The van der Waals surface area contributed by atoms with Crippen LogP contribution in [0.25, 0.3) is 0 Å². The molecule has 0 bridgehead atoms. The summed E-state index contributed by atoms with van der Waals surface area (Å²) in [6.07, 6.45) is 5.50. The first kappa shape index (κ1) is 18.5. The minimum atomic E-state index is 0.326. The van der Waals surface area contributed by atoms with Gasteiger partial charge in [0.2, 0.25) is 0 Å². The smallest absolute Gasteiger partial charge is 0.190 e. The van der Waals surface area contributed by atoms with Gasteiger partial charge in [-0.1, -0.05) is 13.8 Å². The van der Waals surface area contributed by atoms with Gasteiger partial charge in [0.25, 0.3) is 0 Å². The monoisotopic (exact) mass is 324 g/mol. The molecule has 23 heavy (non-hydrogen) atoms. The third kappa shape index (κ3) is 6.30. The molecule has 2 unspecified atom stereocenters. The molecule has 1 saturated heterocycles. The van der Waals surface area contributed by atoms with Crippen molar-refractivity contribution in [3.05, 3.63) is 0 Å². The Morgan fingerprint density at radius 1 is 1.26 bits per heavy atom. The number of ether oxygens (including phenoxy) is 1. The lowest BCUT2D eigenvalue weighted by Crippen LogP contribution is -2.41. The summed E-state index contributed by atoms with van der Waals surface area (Å²) in [4.78, 5) is 7.01. The SMILES string of the molecule is CCOC(CCNC(=NC)NCC1CCN(C2CC2)C1)C(C)C. The van der Waals surface area contributed by atoms with E-state index in [4.69, 9.17) is 4.74 Å². The van der Waals surface area contributed by atoms with Crippen LogP contribution < -0.4 is 10.6 Å². The fourth-order valence-corrected chi connectivity index (χ4v) is 3.42. The Morgan fingerprint density at radius 2 is 2.04 bits per heavy atom. The molecule has 0 amide bonds. The van der Waals surface area contributed by atoms with E-state index in [2.05, 4.69) is 41.3 Å². The van der Waals surface area contributed by atoms with E-state index in [-0.39, 0.29) is 0 Å². The Bertz CT molecular complexity index is 368. The number of aliphatic imine (C=N–C) groups is 1. The van der Waals surface area contributed by atoms with Crippen LogP contribution in [0, 0.1) is 11.8 Å². The van der Waals surface area contributed by atoms with Crippen LogP contribution in [0.2, 0.25) is 0 Å². The summed E-state index contributed by atoms with van der Waals surface area (Å²) >= 11 is 0. The molecule has 134 valence electrons. The zero-order valence-corrected chi connectivity index (χ0v) is 15.5. The maximum atomic E-state index is 5.79. The Kier molecular flexibility index (Phi) is 7.63. The lowest BCUT2D eigenvalue weighted by molar-refractivity contribution is 0.0258. The van der Waals surface area contributed by atoms with E-state index in [1.54, 1.807) is 0 Å². The lowest BCUT2D eigenvalue weighted by Gasteiger charge is -2.22. The van der Waals surface area contributed by atoms with Crippen molar-refractivity contribution in [2.45, 2.75) is 58.6 Å². The van der Waals surface area contributed by atoms with E-state index in [0.29, 0.717) is 12.0 Å². The molecule has 0 aromatic heterocycles. The molecular weight excluding hydrogens is 288 g/mol. The van der Waals surface area contributed by atoms with E-state index in [0.717, 1.165) is 44.0 Å². The van der Waals surface area contributed by atoms with Gasteiger partial charge >= 0.3 is 0 Å². The third-order valence-electron chi connectivity index (χ3n) is 5.01. The molecule has 2 fully saturated rings.